The molecule has 0 atom stereocenters. The third kappa shape index (κ3) is 9.12. The maximum Gasteiger partial charge on any atom is 0.345 e. The first-order valence-corrected chi connectivity index (χ1v) is 11.5. The van der Waals surface area contributed by atoms with E-state index in [1.54, 1.807) is 60.7 Å². The molecule has 0 amide bonds. The van der Waals surface area contributed by atoms with Gasteiger partial charge in [0.15, 0.2) is 5.92 Å². The predicted octanol–water partition coefficient (Wildman–Crippen LogP) is 2.93. The van der Waals surface area contributed by atoms with Gasteiger partial charge in [-0.3, -0.25) is 9.59 Å². The largest absolute Gasteiger partial charge is 0.490 e. The molecule has 10 nitrogen and oxygen atoms in total. The molecule has 2 aromatic rings. The van der Waals surface area contributed by atoms with E-state index in [1.165, 1.54) is 34.5 Å². The molecule has 0 saturated carbocycles. The van der Waals surface area contributed by atoms with Crippen molar-refractivity contribution in [2.24, 2.45) is 5.92 Å². The van der Waals surface area contributed by atoms with Gasteiger partial charge in [-0.2, -0.15) is 0 Å². The van der Waals surface area contributed by atoms with Crippen molar-refractivity contribution in [1.82, 2.24) is 0 Å². The van der Waals surface area contributed by atoms with Crippen LogP contribution < -0.4 is 9.47 Å². The highest BCUT2D eigenvalue weighted by Crippen LogP contribution is 2.18. The number of rotatable bonds is 13. The third-order valence-corrected chi connectivity index (χ3v) is 5.20. The van der Waals surface area contributed by atoms with Crippen LogP contribution in [0.4, 0.5) is 0 Å². The lowest BCUT2D eigenvalue weighted by Gasteiger charge is -2.12. The maximum atomic E-state index is 11.8. The van der Waals surface area contributed by atoms with Crippen molar-refractivity contribution in [3.63, 3.8) is 0 Å². The van der Waals surface area contributed by atoms with Gasteiger partial charge in [0.1, 0.15) is 30.3 Å². The molecule has 0 unspecified atom stereocenters. The van der Waals surface area contributed by atoms with Crippen molar-refractivity contribution < 1.29 is 47.6 Å². The number of hydrogen-bond donors (Lipinski definition) is 0. The van der Waals surface area contributed by atoms with Gasteiger partial charge in [-0.1, -0.05) is 24.3 Å². The Bertz CT molecular complexity index is 1110. The molecule has 0 aliphatic rings. The lowest BCUT2D eigenvalue weighted by atomic mass is 9.99. The van der Waals surface area contributed by atoms with Gasteiger partial charge in [-0.05, 0) is 60.0 Å². The van der Waals surface area contributed by atoms with E-state index < -0.39 is 29.8 Å². The van der Waals surface area contributed by atoms with Crippen molar-refractivity contribution in [2.45, 2.75) is 6.42 Å². The molecule has 2 rings (SSSR count). The number of methoxy groups -OCH3 is 4. The van der Waals surface area contributed by atoms with Crippen molar-refractivity contribution >= 4 is 30.0 Å². The summed E-state index contributed by atoms with van der Waals surface area (Å²) in [7, 11) is 4.81. The van der Waals surface area contributed by atoms with Gasteiger partial charge in [0.2, 0.25) is 0 Å². The maximum absolute atomic E-state index is 11.8. The second-order valence-corrected chi connectivity index (χ2v) is 7.65. The summed E-state index contributed by atoms with van der Waals surface area (Å²) in [6.07, 6.45) is 5.13. The first-order valence-electron chi connectivity index (χ1n) is 11.5. The predicted molar refractivity (Wildman–Crippen MR) is 136 cm³/mol. The summed E-state index contributed by atoms with van der Waals surface area (Å²) in [6.45, 7) is 0.610. The van der Waals surface area contributed by atoms with E-state index in [0.717, 1.165) is 5.56 Å². The fraction of sp³-hybridized carbons (Fsp3) is 0.286. The highest BCUT2D eigenvalue weighted by molar-refractivity contribution is 6.17. The monoisotopic (exact) mass is 526 g/mol. The fourth-order valence-electron chi connectivity index (χ4n) is 3.18. The third-order valence-electron chi connectivity index (χ3n) is 5.20. The van der Waals surface area contributed by atoms with E-state index >= 15 is 0 Å². The molecule has 0 heterocycles. The molecule has 10 heteroatoms. The quantitative estimate of drug-likeness (QED) is 0.0961. The minimum atomic E-state index is -1.02. The number of benzene rings is 2. The van der Waals surface area contributed by atoms with Crippen LogP contribution in [0.15, 0.2) is 66.3 Å². The normalized spacial score (nSPS) is 10.4. The number of carbonyl (C=O) groups is 4. The van der Waals surface area contributed by atoms with Crippen LogP contribution in [0, 0.1) is 5.92 Å². The summed E-state index contributed by atoms with van der Waals surface area (Å²) in [5, 5.41) is 0. The van der Waals surface area contributed by atoms with Crippen LogP contribution >= 0.6 is 0 Å². The van der Waals surface area contributed by atoms with Gasteiger partial charge in [-0.25, -0.2) is 9.59 Å². The molecule has 0 fully saturated rings. The molecule has 202 valence electrons. The molecule has 0 saturated heterocycles. The lowest BCUT2D eigenvalue weighted by Crippen LogP contribution is -2.28. The fourth-order valence-corrected chi connectivity index (χ4v) is 3.18. The molecule has 0 spiro atoms. The SMILES string of the molecule is COC(=O)C(=Cc1ccc(OC/C=C\COc2ccc(CC(C(=O)OC)C(=O)OC)cc2)cc1)C(=O)OC. The Morgan fingerprint density at radius 1 is 0.658 bits per heavy atom. The lowest BCUT2D eigenvalue weighted by molar-refractivity contribution is -0.158. The molecule has 2 aromatic carbocycles. The minimum Gasteiger partial charge on any atom is -0.490 e. The molecule has 0 N–H and O–H groups in total. The first-order chi connectivity index (χ1) is 18.3. The summed E-state index contributed by atoms with van der Waals surface area (Å²) < 4.78 is 29.9. The number of ether oxygens (including phenoxy) is 6. The van der Waals surface area contributed by atoms with Crippen LogP contribution in [0.1, 0.15) is 11.1 Å². The molecule has 38 heavy (non-hydrogen) atoms. The molecule has 0 aliphatic heterocycles. The minimum absolute atomic E-state index is 0.159. The smallest absolute Gasteiger partial charge is 0.345 e. The van der Waals surface area contributed by atoms with Gasteiger partial charge in [0.25, 0.3) is 0 Å². The van der Waals surface area contributed by atoms with E-state index in [1.807, 2.05) is 0 Å². The Hall–Kier alpha value is -4.60. The Morgan fingerprint density at radius 3 is 1.53 bits per heavy atom. The van der Waals surface area contributed by atoms with Crippen molar-refractivity contribution in [3.8, 4) is 11.5 Å². The van der Waals surface area contributed by atoms with Gasteiger partial charge < -0.3 is 28.4 Å². The second-order valence-electron chi connectivity index (χ2n) is 7.65. The number of carbonyl (C=O) groups excluding carboxylic acids is 4. The van der Waals surface area contributed by atoms with Gasteiger partial charge >= 0.3 is 23.9 Å². The van der Waals surface area contributed by atoms with Crippen LogP contribution in [-0.2, 0) is 44.5 Å². The zero-order valence-corrected chi connectivity index (χ0v) is 21.6. The summed E-state index contributed by atoms with van der Waals surface area (Å²) in [5.74, 6) is -2.68. The van der Waals surface area contributed by atoms with E-state index in [9.17, 15) is 19.2 Å². The van der Waals surface area contributed by atoms with E-state index in [4.69, 9.17) is 9.47 Å². The molecule has 0 radical (unpaired) electrons. The second kappa shape index (κ2) is 15.5. The highest BCUT2D eigenvalue weighted by Gasteiger charge is 2.28. The summed E-state index contributed by atoms with van der Waals surface area (Å²) in [4.78, 5) is 47.2. The van der Waals surface area contributed by atoms with Gasteiger partial charge in [0, 0.05) is 0 Å². The number of hydrogen-bond acceptors (Lipinski definition) is 10. The average molecular weight is 527 g/mol. The Labute approximate surface area is 220 Å². The summed E-state index contributed by atoms with van der Waals surface area (Å²) in [5.41, 5.74) is 1.15. The first kappa shape index (κ1) is 29.6. The molecular formula is C28H30O10. The topological polar surface area (TPSA) is 124 Å². The van der Waals surface area contributed by atoms with Crippen LogP contribution in [0.3, 0.4) is 0 Å². The van der Waals surface area contributed by atoms with E-state index in [2.05, 4.69) is 18.9 Å². The van der Waals surface area contributed by atoms with E-state index in [0.29, 0.717) is 30.3 Å². The molecule has 0 bridgehead atoms. The van der Waals surface area contributed by atoms with Crippen molar-refractivity contribution in [2.75, 3.05) is 41.7 Å². The van der Waals surface area contributed by atoms with Gasteiger partial charge in [-0.15, -0.1) is 0 Å². The Kier molecular flexibility index (Phi) is 12.1. The van der Waals surface area contributed by atoms with E-state index in [-0.39, 0.29) is 12.0 Å². The molecule has 0 aliphatic carbocycles. The molecule has 0 aromatic heterocycles. The van der Waals surface area contributed by atoms with Crippen LogP contribution in [0.2, 0.25) is 0 Å². The summed E-state index contributed by atoms with van der Waals surface area (Å²) in [6, 6.07) is 13.8. The van der Waals surface area contributed by atoms with Crippen LogP contribution in [0.5, 0.6) is 11.5 Å². The zero-order chi connectivity index (χ0) is 27.9. The van der Waals surface area contributed by atoms with Crippen molar-refractivity contribution in [1.29, 1.82) is 0 Å². The average Bonchev–Trinajstić information content (AvgIpc) is 2.96. The van der Waals surface area contributed by atoms with Crippen molar-refractivity contribution in [3.05, 3.63) is 77.4 Å². The van der Waals surface area contributed by atoms with Gasteiger partial charge in [0.05, 0.1) is 28.4 Å². The summed E-state index contributed by atoms with van der Waals surface area (Å²) >= 11 is 0. The standard InChI is InChI=1S/C28H30O10/c1-33-25(29)23(26(30)34-2)17-19-7-11-21(12-8-19)37-15-5-6-16-38-22-13-9-20(10-14-22)18-24(27(31)35-3)28(32)36-4/h5-14,17,24H,15-16,18H2,1-4H3/b6-5-. The van der Waals surface area contributed by atoms with Crippen LogP contribution in [-0.4, -0.2) is 65.5 Å². The van der Waals surface area contributed by atoms with Crippen LogP contribution in [0.25, 0.3) is 6.08 Å². The Balaban J connectivity index is 1.81. The zero-order valence-electron chi connectivity index (χ0n) is 21.6. The highest BCUT2D eigenvalue weighted by atomic mass is 16.5. The Morgan fingerprint density at radius 2 is 1.11 bits per heavy atom. The number of esters is 4. The molecular weight excluding hydrogens is 496 g/mol.